The Hall–Kier alpha value is -2.93. The summed E-state index contributed by atoms with van der Waals surface area (Å²) in [5.74, 6) is 0.355. The van der Waals surface area contributed by atoms with E-state index in [0.29, 0.717) is 38.0 Å². The molecule has 0 aliphatic rings. The van der Waals surface area contributed by atoms with Gasteiger partial charge in [0.05, 0.1) is 21.8 Å². The fourth-order valence-corrected chi connectivity index (χ4v) is 3.69. The lowest BCUT2D eigenvalue weighted by atomic mass is 10.2. The van der Waals surface area contributed by atoms with Crippen molar-refractivity contribution >= 4 is 51.8 Å². The minimum absolute atomic E-state index is 0.238. The molecule has 0 radical (unpaired) electrons. The van der Waals surface area contributed by atoms with E-state index in [0.717, 1.165) is 11.1 Å². The van der Waals surface area contributed by atoms with E-state index >= 15 is 0 Å². The maximum Gasteiger partial charge on any atom is 0.344 e. The van der Waals surface area contributed by atoms with Crippen LogP contribution < -0.4 is 9.47 Å². The summed E-state index contributed by atoms with van der Waals surface area (Å²) >= 11 is 18.4. The molecule has 2 aromatic heterocycles. The molecule has 0 bridgehead atoms. The third kappa shape index (κ3) is 4.35. The Bertz CT molecular complexity index is 1320. The Morgan fingerprint density at radius 1 is 1.06 bits per heavy atom. The molecule has 32 heavy (non-hydrogen) atoms. The van der Waals surface area contributed by atoms with Crippen LogP contribution in [0.4, 0.5) is 0 Å². The van der Waals surface area contributed by atoms with Crippen molar-refractivity contribution in [1.82, 2.24) is 9.55 Å². The van der Waals surface area contributed by atoms with Crippen LogP contribution in [0.3, 0.4) is 0 Å². The molecule has 2 heterocycles. The van der Waals surface area contributed by atoms with E-state index in [1.807, 2.05) is 17.6 Å². The monoisotopic (exact) mass is 490 g/mol. The number of rotatable bonds is 6. The van der Waals surface area contributed by atoms with E-state index in [4.69, 9.17) is 44.3 Å². The molecule has 2 aromatic carbocycles. The van der Waals surface area contributed by atoms with Crippen LogP contribution in [-0.4, -0.2) is 26.7 Å². The number of ether oxygens (including phenoxy) is 2. The van der Waals surface area contributed by atoms with E-state index < -0.39 is 12.1 Å². The van der Waals surface area contributed by atoms with Crippen molar-refractivity contribution < 1.29 is 19.4 Å². The number of pyridine rings is 1. The molecule has 1 atom stereocenters. The number of aromatic nitrogens is 2. The predicted molar refractivity (Wildman–Crippen MR) is 125 cm³/mol. The van der Waals surface area contributed by atoms with Gasteiger partial charge in [-0.2, -0.15) is 0 Å². The number of fused-ring (bicyclic) bond motifs is 1. The summed E-state index contributed by atoms with van der Waals surface area (Å²) in [6.45, 7) is 3.32. The van der Waals surface area contributed by atoms with E-state index in [1.165, 1.54) is 6.92 Å². The van der Waals surface area contributed by atoms with Gasteiger partial charge in [-0.15, -0.1) is 0 Å². The van der Waals surface area contributed by atoms with E-state index in [1.54, 1.807) is 48.5 Å². The molecule has 9 heteroatoms. The minimum Gasteiger partial charge on any atom is -0.479 e. The summed E-state index contributed by atoms with van der Waals surface area (Å²) in [5, 5.41) is 11.1. The van der Waals surface area contributed by atoms with Crippen LogP contribution in [0.2, 0.25) is 15.2 Å². The Labute approximate surface area is 198 Å². The first-order valence-corrected chi connectivity index (χ1v) is 10.7. The van der Waals surface area contributed by atoms with Crippen molar-refractivity contribution in [3.63, 3.8) is 0 Å². The number of hydrogen-bond acceptors (Lipinski definition) is 4. The highest BCUT2D eigenvalue weighted by atomic mass is 35.5. The molecule has 0 saturated heterocycles. The fourth-order valence-electron chi connectivity index (χ4n) is 3.26. The van der Waals surface area contributed by atoms with E-state index in [2.05, 4.69) is 4.98 Å². The largest absolute Gasteiger partial charge is 0.479 e. The van der Waals surface area contributed by atoms with Gasteiger partial charge in [0.2, 0.25) is 0 Å². The topological polar surface area (TPSA) is 73.6 Å². The van der Waals surface area contributed by atoms with Crippen molar-refractivity contribution in [2.45, 2.75) is 20.0 Å². The van der Waals surface area contributed by atoms with Crippen LogP contribution in [-0.2, 0) is 4.79 Å². The standard InChI is InChI=1S/C23H17Cl3N2O4/c1-12-21(32-16-6-3-14(24)4-7-16)17-8-10-20(26)27-22(17)28(12)15-5-9-18(25)19(11-15)31-13(2)23(29)30/h3-11,13H,1-2H3,(H,29,30)/t13-/m0/s1. The average Bonchev–Trinajstić information content (AvgIpc) is 3.01. The lowest BCUT2D eigenvalue weighted by molar-refractivity contribution is -0.144. The highest BCUT2D eigenvalue weighted by Gasteiger charge is 2.21. The van der Waals surface area contributed by atoms with Crippen LogP contribution in [0.25, 0.3) is 16.7 Å². The Morgan fingerprint density at radius 2 is 1.78 bits per heavy atom. The summed E-state index contributed by atoms with van der Waals surface area (Å²) in [4.78, 5) is 15.7. The molecule has 164 valence electrons. The molecule has 4 aromatic rings. The van der Waals surface area contributed by atoms with Gasteiger partial charge in [-0.25, -0.2) is 9.78 Å². The molecule has 0 aliphatic heterocycles. The third-order valence-corrected chi connectivity index (χ3v) is 5.59. The van der Waals surface area contributed by atoms with Crippen LogP contribution in [0, 0.1) is 6.92 Å². The first kappa shape index (κ1) is 22.3. The second-order valence-corrected chi connectivity index (χ2v) is 8.25. The van der Waals surface area contributed by atoms with Crippen molar-refractivity contribution in [2.75, 3.05) is 0 Å². The lowest BCUT2D eigenvalue weighted by Crippen LogP contribution is -2.23. The predicted octanol–water partition coefficient (Wildman–Crippen LogP) is 6.94. The number of halogens is 3. The first-order chi connectivity index (χ1) is 15.2. The van der Waals surface area contributed by atoms with Gasteiger partial charge >= 0.3 is 5.97 Å². The normalized spacial score (nSPS) is 12.0. The SMILES string of the molecule is Cc1c(Oc2ccc(Cl)cc2)c2ccc(Cl)nc2n1-c1ccc(Cl)c(O[C@@H](C)C(=O)O)c1. The van der Waals surface area contributed by atoms with Crippen LogP contribution in [0.5, 0.6) is 17.2 Å². The summed E-state index contributed by atoms with van der Waals surface area (Å²) in [6.07, 6.45) is -1.07. The average molecular weight is 492 g/mol. The maximum absolute atomic E-state index is 11.2. The highest BCUT2D eigenvalue weighted by molar-refractivity contribution is 6.32. The van der Waals surface area contributed by atoms with Gasteiger partial charge in [0.25, 0.3) is 0 Å². The van der Waals surface area contributed by atoms with Crippen molar-refractivity contribution in [3.05, 3.63) is 75.5 Å². The molecule has 0 aliphatic carbocycles. The van der Waals surface area contributed by atoms with Gasteiger partial charge in [-0.05, 0) is 62.4 Å². The minimum atomic E-state index is -1.10. The zero-order chi connectivity index (χ0) is 23.0. The number of nitrogens with zero attached hydrogens (tertiary/aromatic N) is 2. The van der Waals surface area contributed by atoms with Gasteiger partial charge in [0.15, 0.2) is 11.9 Å². The number of benzene rings is 2. The summed E-state index contributed by atoms with van der Waals surface area (Å²) < 4.78 is 13.5. The second kappa shape index (κ2) is 8.90. The van der Waals surface area contributed by atoms with Crippen LogP contribution >= 0.6 is 34.8 Å². The molecule has 0 amide bonds. The quantitative estimate of drug-likeness (QED) is 0.296. The van der Waals surface area contributed by atoms with Gasteiger partial charge in [-0.1, -0.05) is 34.8 Å². The van der Waals surface area contributed by atoms with Crippen molar-refractivity contribution in [3.8, 4) is 22.9 Å². The van der Waals surface area contributed by atoms with E-state index in [-0.39, 0.29) is 5.75 Å². The highest BCUT2D eigenvalue weighted by Crippen LogP contribution is 2.39. The summed E-state index contributed by atoms with van der Waals surface area (Å²) in [7, 11) is 0. The van der Waals surface area contributed by atoms with Gasteiger partial charge in [0, 0.05) is 11.1 Å². The molecule has 0 spiro atoms. The number of carbonyl (C=O) groups is 1. The first-order valence-electron chi connectivity index (χ1n) is 9.55. The molecule has 4 rings (SSSR count). The number of carboxylic acid groups (broad SMARTS) is 1. The molecule has 0 fully saturated rings. The molecule has 1 N–H and O–H groups in total. The third-order valence-electron chi connectivity index (χ3n) is 4.82. The summed E-state index contributed by atoms with van der Waals surface area (Å²) in [5.41, 5.74) is 1.98. The second-order valence-electron chi connectivity index (χ2n) is 7.02. The van der Waals surface area contributed by atoms with Crippen LogP contribution in [0.15, 0.2) is 54.6 Å². The number of hydrogen-bond donors (Lipinski definition) is 1. The fraction of sp³-hybridized carbons (Fsp3) is 0.130. The maximum atomic E-state index is 11.2. The number of aliphatic carboxylic acids is 1. The lowest BCUT2D eigenvalue weighted by Gasteiger charge is -2.15. The molecule has 0 unspecified atom stereocenters. The Kier molecular flexibility index (Phi) is 6.20. The van der Waals surface area contributed by atoms with Gasteiger partial charge in [-0.3, -0.25) is 4.57 Å². The van der Waals surface area contributed by atoms with Gasteiger partial charge < -0.3 is 14.6 Å². The van der Waals surface area contributed by atoms with Crippen molar-refractivity contribution in [1.29, 1.82) is 0 Å². The van der Waals surface area contributed by atoms with E-state index in [9.17, 15) is 9.90 Å². The Morgan fingerprint density at radius 3 is 2.47 bits per heavy atom. The number of carboxylic acids is 1. The summed E-state index contributed by atoms with van der Waals surface area (Å²) in [6, 6.07) is 15.6. The zero-order valence-corrected chi connectivity index (χ0v) is 19.2. The Balaban J connectivity index is 1.86. The zero-order valence-electron chi connectivity index (χ0n) is 17.0. The molecular weight excluding hydrogens is 475 g/mol. The molecule has 6 nitrogen and oxygen atoms in total. The molecule has 0 saturated carbocycles. The van der Waals surface area contributed by atoms with Crippen molar-refractivity contribution in [2.24, 2.45) is 0 Å². The smallest absolute Gasteiger partial charge is 0.344 e. The van der Waals surface area contributed by atoms with Gasteiger partial charge in [0.1, 0.15) is 22.3 Å². The molecular formula is C23H17Cl3N2O4. The van der Waals surface area contributed by atoms with Crippen LogP contribution in [0.1, 0.15) is 12.6 Å².